The number of hydrogen-bond acceptors (Lipinski definition) is 3. The van der Waals surface area contributed by atoms with Gasteiger partial charge in [-0.25, -0.2) is 0 Å². The largest absolute Gasteiger partial charge is 0.341 e. The summed E-state index contributed by atoms with van der Waals surface area (Å²) in [5.74, 6) is 2.36. The molecule has 0 aromatic rings. The van der Waals surface area contributed by atoms with Gasteiger partial charge in [-0.05, 0) is 0 Å². The van der Waals surface area contributed by atoms with E-state index in [2.05, 4.69) is 0 Å². The van der Waals surface area contributed by atoms with Crippen LogP contribution in [0.3, 0.4) is 0 Å². The maximum Gasteiger partial charge on any atom is 0.226 e. The maximum absolute atomic E-state index is 11.6. The van der Waals surface area contributed by atoms with Gasteiger partial charge in [0.2, 0.25) is 5.91 Å². The molecule has 0 saturated carbocycles. The average Bonchev–Trinajstić information content (AvgIpc) is 2.17. The van der Waals surface area contributed by atoms with Gasteiger partial charge in [0.05, 0.1) is 0 Å². The molecule has 1 rings (SSSR count). The summed E-state index contributed by atoms with van der Waals surface area (Å²) in [6.07, 6.45) is 0. The Bertz CT molecular complexity index is 157. The molecule has 1 saturated heterocycles. The van der Waals surface area contributed by atoms with Crippen LogP contribution in [0.1, 0.15) is 6.92 Å². The van der Waals surface area contributed by atoms with E-state index < -0.39 is 0 Å². The van der Waals surface area contributed by atoms with Gasteiger partial charge in [-0.1, -0.05) is 6.92 Å². The first-order valence-electron chi connectivity index (χ1n) is 4.32. The normalized spacial score (nSPS) is 20.7. The molecular formula is C8H16N2OS. The number of carbonyl (C=O) groups is 1. The van der Waals surface area contributed by atoms with E-state index in [0.717, 1.165) is 24.6 Å². The monoisotopic (exact) mass is 188 g/mol. The predicted octanol–water partition coefficient (Wildman–Crippen LogP) is 0.157. The van der Waals surface area contributed by atoms with Gasteiger partial charge in [0.25, 0.3) is 0 Å². The number of rotatable bonds is 2. The molecular weight excluding hydrogens is 172 g/mol. The first-order chi connectivity index (χ1) is 5.75. The first kappa shape index (κ1) is 9.86. The molecule has 1 heterocycles. The molecule has 12 heavy (non-hydrogen) atoms. The first-order valence-corrected chi connectivity index (χ1v) is 5.47. The molecule has 0 spiro atoms. The zero-order valence-corrected chi connectivity index (χ0v) is 8.27. The highest BCUT2D eigenvalue weighted by Crippen LogP contribution is 2.11. The van der Waals surface area contributed by atoms with Crippen LogP contribution in [0.25, 0.3) is 0 Å². The van der Waals surface area contributed by atoms with Gasteiger partial charge in [-0.3, -0.25) is 4.79 Å². The summed E-state index contributed by atoms with van der Waals surface area (Å²) in [5.41, 5.74) is 5.43. The van der Waals surface area contributed by atoms with E-state index >= 15 is 0 Å². The Kier molecular flexibility index (Phi) is 3.88. The number of amides is 1. The smallest absolute Gasteiger partial charge is 0.226 e. The Morgan fingerprint density at radius 1 is 1.58 bits per heavy atom. The summed E-state index contributed by atoms with van der Waals surface area (Å²) >= 11 is 1.91. The molecule has 0 radical (unpaired) electrons. The zero-order chi connectivity index (χ0) is 8.97. The third kappa shape index (κ3) is 2.38. The molecule has 1 atom stereocenters. The molecule has 0 bridgehead atoms. The minimum absolute atomic E-state index is 0.00639. The quantitative estimate of drug-likeness (QED) is 0.671. The highest BCUT2D eigenvalue weighted by molar-refractivity contribution is 7.99. The Morgan fingerprint density at radius 3 is 2.67 bits per heavy atom. The second-order valence-electron chi connectivity index (χ2n) is 3.07. The number of thioether (sulfide) groups is 1. The average molecular weight is 188 g/mol. The van der Waals surface area contributed by atoms with Crippen molar-refractivity contribution in [3.63, 3.8) is 0 Å². The number of nitrogens with two attached hydrogens (primary N) is 1. The Hall–Kier alpha value is -0.220. The third-order valence-corrected chi connectivity index (χ3v) is 3.04. The van der Waals surface area contributed by atoms with E-state index in [-0.39, 0.29) is 11.8 Å². The summed E-state index contributed by atoms with van der Waals surface area (Å²) < 4.78 is 0. The summed E-state index contributed by atoms with van der Waals surface area (Å²) in [4.78, 5) is 13.5. The van der Waals surface area contributed by atoms with Gasteiger partial charge in [-0.2, -0.15) is 11.8 Å². The Labute approximate surface area is 77.7 Å². The minimum atomic E-state index is -0.00639. The highest BCUT2D eigenvalue weighted by atomic mass is 32.2. The lowest BCUT2D eigenvalue weighted by Crippen LogP contribution is -2.42. The van der Waals surface area contributed by atoms with E-state index in [4.69, 9.17) is 5.73 Å². The predicted molar refractivity (Wildman–Crippen MR) is 52.1 cm³/mol. The van der Waals surface area contributed by atoms with Gasteiger partial charge >= 0.3 is 0 Å². The van der Waals surface area contributed by atoms with Crippen molar-refractivity contribution >= 4 is 17.7 Å². The fraction of sp³-hybridized carbons (Fsp3) is 0.875. The van der Waals surface area contributed by atoms with Crippen molar-refractivity contribution in [1.82, 2.24) is 4.90 Å². The lowest BCUT2D eigenvalue weighted by molar-refractivity contribution is -0.134. The second kappa shape index (κ2) is 4.72. The van der Waals surface area contributed by atoms with Crippen molar-refractivity contribution in [2.24, 2.45) is 11.7 Å². The van der Waals surface area contributed by atoms with Gasteiger partial charge < -0.3 is 10.6 Å². The van der Waals surface area contributed by atoms with E-state index in [1.54, 1.807) is 0 Å². The SMILES string of the molecule is CC(CN)C(=O)N1CCSCC1. The summed E-state index contributed by atoms with van der Waals surface area (Å²) in [6, 6.07) is 0. The summed E-state index contributed by atoms with van der Waals surface area (Å²) in [6.45, 7) is 4.15. The van der Waals surface area contributed by atoms with Gasteiger partial charge in [0.1, 0.15) is 0 Å². The molecule has 1 aliphatic heterocycles. The second-order valence-corrected chi connectivity index (χ2v) is 4.30. The minimum Gasteiger partial charge on any atom is -0.341 e. The van der Waals surface area contributed by atoms with Gasteiger partial charge in [0, 0.05) is 37.1 Å². The molecule has 3 nitrogen and oxygen atoms in total. The van der Waals surface area contributed by atoms with Crippen molar-refractivity contribution < 1.29 is 4.79 Å². The topological polar surface area (TPSA) is 46.3 Å². The molecule has 1 aliphatic rings. The van der Waals surface area contributed by atoms with E-state index in [0.29, 0.717) is 6.54 Å². The summed E-state index contributed by atoms with van der Waals surface area (Å²) in [7, 11) is 0. The zero-order valence-electron chi connectivity index (χ0n) is 7.45. The lowest BCUT2D eigenvalue weighted by atomic mass is 10.1. The fourth-order valence-corrected chi connectivity index (χ4v) is 2.10. The Balaban J connectivity index is 2.39. The molecule has 4 heteroatoms. The summed E-state index contributed by atoms with van der Waals surface area (Å²) in [5, 5.41) is 0. The standard InChI is InChI=1S/C8H16N2OS/c1-7(6-9)8(11)10-2-4-12-5-3-10/h7H,2-6,9H2,1H3. The fourth-order valence-electron chi connectivity index (χ4n) is 1.20. The van der Waals surface area contributed by atoms with E-state index in [1.807, 2.05) is 23.6 Å². The van der Waals surface area contributed by atoms with E-state index in [1.165, 1.54) is 0 Å². The molecule has 2 N–H and O–H groups in total. The number of hydrogen-bond donors (Lipinski definition) is 1. The molecule has 1 fully saturated rings. The van der Waals surface area contributed by atoms with Crippen LogP contribution >= 0.6 is 11.8 Å². The van der Waals surface area contributed by atoms with Crippen molar-refractivity contribution in [2.45, 2.75) is 6.92 Å². The van der Waals surface area contributed by atoms with Crippen molar-refractivity contribution in [1.29, 1.82) is 0 Å². The molecule has 70 valence electrons. The molecule has 1 amide bonds. The van der Waals surface area contributed by atoms with Gasteiger partial charge in [0.15, 0.2) is 0 Å². The molecule has 0 aromatic carbocycles. The molecule has 0 aliphatic carbocycles. The number of nitrogens with zero attached hydrogens (tertiary/aromatic N) is 1. The van der Waals surface area contributed by atoms with E-state index in [9.17, 15) is 4.79 Å². The van der Waals surface area contributed by atoms with Crippen molar-refractivity contribution in [3.05, 3.63) is 0 Å². The maximum atomic E-state index is 11.6. The van der Waals surface area contributed by atoms with Crippen LogP contribution in [0.4, 0.5) is 0 Å². The van der Waals surface area contributed by atoms with Crippen molar-refractivity contribution in [2.75, 3.05) is 31.1 Å². The molecule has 1 unspecified atom stereocenters. The van der Waals surface area contributed by atoms with Crippen LogP contribution in [0.15, 0.2) is 0 Å². The third-order valence-electron chi connectivity index (χ3n) is 2.10. The van der Waals surface area contributed by atoms with Crippen molar-refractivity contribution in [3.8, 4) is 0 Å². The lowest BCUT2D eigenvalue weighted by Gasteiger charge is -2.28. The molecule has 0 aromatic heterocycles. The van der Waals surface area contributed by atoms with Crippen LogP contribution in [0, 0.1) is 5.92 Å². The van der Waals surface area contributed by atoms with Crippen LogP contribution in [-0.4, -0.2) is 41.9 Å². The van der Waals surface area contributed by atoms with Crippen LogP contribution < -0.4 is 5.73 Å². The Morgan fingerprint density at radius 2 is 2.17 bits per heavy atom. The van der Waals surface area contributed by atoms with Crippen LogP contribution in [0.2, 0.25) is 0 Å². The van der Waals surface area contributed by atoms with Crippen LogP contribution in [0.5, 0.6) is 0 Å². The van der Waals surface area contributed by atoms with Gasteiger partial charge in [-0.15, -0.1) is 0 Å². The number of carbonyl (C=O) groups excluding carboxylic acids is 1. The highest BCUT2D eigenvalue weighted by Gasteiger charge is 2.20. The van der Waals surface area contributed by atoms with Crippen LogP contribution in [-0.2, 0) is 4.79 Å².